The molecule has 0 bridgehead atoms. The van der Waals surface area contributed by atoms with Crippen LogP contribution in [-0.2, 0) is 4.74 Å². The lowest BCUT2D eigenvalue weighted by atomic mass is 10.1. The van der Waals surface area contributed by atoms with Gasteiger partial charge in [0.2, 0.25) is 0 Å². The molecule has 2 N–H and O–H groups in total. The van der Waals surface area contributed by atoms with Gasteiger partial charge in [-0.15, -0.1) is 8.78 Å². The molecule has 1 rings (SSSR count). The van der Waals surface area contributed by atoms with Gasteiger partial charge in [0.05, 0.1) is 0 Å². The van der Waals surface area contributed by atoms with E-state index in [0.29, 0.717) is 13.1 Å². The summed E-state index contributed by atoms with van der Waals surface area (Å²) in [5.41, 5.74) is 4.24. The molecule has 1 heterocycles. The molecule has 76 valence electrons. The highest BCUT2D eigenvalue weighted by atomic mass is 19.3. The Morgan fingerprint density at radius 1 is 1.31 bits per heavy atom. The molecule has 0 radical (unpaired) electrons. The van der Waals surface area contributed by atoms with Crippen molar-refractivity contribution in [2.24, 2.45) is 5.73 Å². The topological polar surface area (TPSA) is 55.6 Å². The Kier molecular flexibility index (Phi) is 3.02. The Hall–Kier alpha value is -0.910. The predicted octanol–water partition coefficient (Wildman–Crippen LogP) is 1.12. The molecule has 0 atom stereocenters. The number of piperidine rings is 1. The van der Waals surface area contributed by atoms with Crippen molar-refractivity contribution in [1.82, 2.24) is 4.90 Å². The lowest BCUT2D eigenvalue weighted by Crippen LogP contribution is -2.43. The summed E-state index contributed by atoms with van der Waals surface area (Å²) in [6, 6.07) is 0. The summed E-state index contributed by atoms with van der Waals surface area (Å²) in [5.74, 6) is 0. The van der Waals surface area contributed by atoms with Gasteiger partial charge in [-0.2, -0.15) is 0 Å². The van der Waals surface area contributed by atoms with Crippen molar-refractivity contribution in [3.05, 3.63) is 0 Å². The van der Waals surface area contributed by atoms with Gasteiger partial charge in [-0.1, -0.05) is 0 Å². The molecule has 0 aromatic heterocycles. The van der Waals surface area contributed by atoms with Crippen LogP contribution < -0.4 is 5.73 Å². The van der Waals surface area contributed by atoms with Gasteiger partial charge in [-0.3, -0.25) is 0 Å². The van der Waals surface area contributed by atoms with Gasteiger partial charge in [0.1, 0.15) is 0 Å². The van der Waals surface area contributed by atoms with Crippen LogP contribution in [-0.4, -0.2) is 30.3 Å². The van der Waals surface area contributed by atoms with Gasteiger partial charge < -0.3 is 9.64 Å². The van der Waals surface area contributed by atoms with Crippen molar-refractivity contribution in [3.8, 4) is 0 Å². The number of hydrogen-bond donors (Lipinski definition) is 1. The second-order valence-electron chi connectivity index (χ2n) is 2.98. The molecular weight excluding hydrogens is 182 g/mol. The van der Waals surface area contributed by atoms with E-state index in [2.05, 4.69) is 10.5 Å². The second-order valence-corrected chi connectivity index (χ2v) is 2.98. The molecule has 1 saturated heterocycles. The van der Waals surface area contributed by atoms with Crippen molar-refractivity contribution in [2.45, 2.75) is 25.5 Å². The van der Waals surface area contributed by atoms with E-state index in [1.54, 1.807) is 0 Å². The lowest BCUT2D eigenvalue weighted by Gasteiger charge is -2.26. The van der Waals surface area contributed by atoms with Crippen LogP contribution in [0, 0.1) is 0 Å². The molecule has 0 aromatic rings. The van der Waals surface area contributed by atoms with Crippen LogP contribution >= 0.6 is 0 Å². The average Bonchev–Trinajstić information content (AvgIpc) is 2.03. The minimum Gasteiger partial charge on any atom is -0.371 e. The molecule has 0 spiro atoms. The Balaban J connectivity index is 2.38. The first-order chi connectivity index (χ1) is 5.99. The number of nitrogens with two attached hydrogens (primary N) is 1. The summed E-state index contributed by atoms with van der Waals surface area (Å²) < 4.78 is 27.8. The van der Waals surface area contributed by atoms with Crippen LogP contribution in [0.4, 0.5) is 13.6 Å². The van der Waals surface area contributed by atoms with E-state index >= 15 is 0 Å². The molecule has 0 unspecified atom stereocenters. The van der Waals surface area contributed by atoms with E-state index in [1.165, 1.54) is 4.90 Å². The fourth-order valence-corrected chi connectivity index (χ4v) is 1.26. The fraction of sp³-hybridized carbons (Fsp3) is 0.857. The van der Waals surface area contributed by atoms with Crippen molar-refractivity contribution >= 4 is 6.09 Å². The first kappa shape index (κ1) is 10.2. The van der Waals surface area contributed by atoms with Crippen LogP contribution in [0.2, 0.25) is 0 Å². The molecule has 1 aliphatic rings. The van der Waals surface area contributed by atoms with Crippen molar-refractivity contribution < 1.29 is 18.3 Å². The van der Waals surface area contributed by atoms with Gasteiger partial charge in [-0.05, 0) is 19.3 Å². The Morgan fingerprint density at radius 2 is 1.85 bits per heavy atom. The zero-order valence-electron chi connectivity index (χ0n) is 7.13. The van der Waals surface area contributed by atoms with Crippen molar-refractivity contribution in [2.75, 3.05) is 13.1 Å². The van der Waals surface area contributed by atoms with Crippen molar-refractivity contribution in [1.29, 1.82) is 0 Å². The number of likely N-dealkylation sites (tertiary alicyclic amines) is 1. The second kappa shape index (κ2) is 3.87. The van der Waals surface area contributed by atoms with Gasteiger partial charge in [-0.25, -0.2) is 10.5 Å². The van der Waals surface area contributed by atoms with Gasteiger partial charge in [0.25, 0.3) is 0 Å². The quantitative estimate of drug-likeness (QED) is 0.502. The van der Waals surface area contributed by atoms with Gasteiger partial charge in [0.15, 0.2) is 0 Å². The van der Waals surface area contributed by atoms with Crippen LogP contribution in [0.1, 0.15) is 19.3 Å². The van der Waals surface area contributed by atoms with E-state index in [-0.39, 0.29) is 0 Å². The van der Waals surface area contributed by atoms with Crippen molar-refractivity contribution in [3.63, 3.8) is 0 Å². The zero-order chi connectivity index (χ0) is 9.90. The van der Waals surface area contributed by atoms with E-state index in [4.69, 9.17) is 0 Å². The monoisotopic (exact) mass is 194 g/mol. The number of nitrogens with zero attached hydrogens (tertiary/aromatic N) is 1. The minimum atomic E-state index is -3.87. The number of halogens is 2. The van der Waals surface area contributed by atoms with Crippen LogP contribution in [0.25, 0.3) is 0 Å². The predicted molar refractivity (Wildman–Crippen MR) is 41.0 cm³/mol. The van der Waals surface area contributed by atoms with E-state index in [0.717, 1.165) is 19.3 Å². The largest absolute Gasteiger partial charge is 0.469 e. The van der Waals surface area contributed by atoms with Crippen LogP contribution in [0.15, 0.2) is 0 Å². The number of alkyl halides is 2. The maximum atomic E-state index is 12.0. The molecule has 6 heteroatoms. The Morgan fingerprint density at radius 3 is 2.31 bits per heavy atom. The summed E-state index contributed by atoms with van der Waals surface area (Å²) in [6.45, 7) is 0.934. The van der Waals surface area contributed by atoms with Gasteiger partial charge in [0, 0.05) is 13.1 Å². The molecular formula is C7H12F2N2O2. The highest BCUT2D eigenvalue weighted by molar-refractivity contribution is 5.67. The van der Waals surface area contributed by atoms with Crippen LogP contribution in [0.5, 0.6) is 0 Å². The molecule has 4 nitrogen and oxygen atoms in total. The standard InChI is InChI=1S/C7H12F2N2O2/c8-7(9,10)13-6(12)11-4-2-1-3-5-11/h1-5,10H2. The summed E-state index contributed by atoms with van der Waals surface area (Å²) in [4.78, 5) is 12.2. The van der Waals surface area contributed by atoms with E-state index < -0.39 is 12.3 Å². The normalized spacial score (nSPS) is 18.5. The first-order valence-electron chi connectivity index (χ1n) is 4.14. The van der Waals surface area contributed by atoms with Crippen LogP contribution in [0.3, 0.4) is 0 Å². The fourth-order valence-electron chi connectivity index (χ4n) is 1.26. The molecule has 13 heavy (non-hydrogen) atoms. The molecule has 0 aliphatic carbocycles. The lowest BCUT2D eigenvalue weighted by molar-refractivity contribution is -0.198. The number of carbonyl (C=O) groups is 1. The Labute approximate surface area is 74.6 Å². The smallest absolute Gasteiger partial charge is 0.371 e. The zero-order valence-corrected chi connectivity index (χ0v) is 7.13. The maximum absolute atomic E-state index is 12.0. The number of amides is 1. The highest BCUT2D eigenvalue weighted by Crippen LogP contribution is 2.13. The highest BCUT2D eigenvalue weighted by Gasteiger charge is 2.31. The Bertz CT molecular complexity index is 187. The first-order valence-corrected chi connectivity index (χ1v) is 4.14. The van der Waals surface area contributed by atoms with E-state index in [1.807, 2.05) is 0 Å². The molecule has 0 aromatic carbocycles. The number of carbonyl (C=O) groups excluding carboxylic acids is 1. The third-order valence-electron chi connectivity index (χ3n) is 1.84. The molecule has 1 fully saturated rings. The number of ether oxygens (including phenoxy) is 1. The third-order valence-corrected chi connectivity index (χ3v) is 1.84. The summed E-state index contributed by atoms with van der Waals surface area (Å²) >= 11 is 0. The SMILES string of the molecule is NC(F)(F)OC(=O)N1CCCCC1. The number of rotatable bonds is 1. The average molecular weight is 194 g/mol. The minimum absolute atomic E-state index is 0.467. The molecule has 1 aliphatic heterocycles. The number of hydrogen-bond acceptors (Lipinski definition) is 3. The molecule has 0 saturated carbocycles. The van der Waals surface area contributed by atoms with Gasteiger partial charge >= 0.3 is 12.3 Å². The summed E-state index contributed by atoms with van der Waals surface area (Å²) in [7, 11) is 0. The summed E-state index contributed by atoms with van der Waals surface area (Å²) in [6.07, 6.45) is -2.24. The maximum Gasteiger partial charge on any atom is 0.469 e. The summed E-state index contributed by atoms with van der Waals surface area (Å²) in [5, 5.41) is 0. The van der Waals surface area contributed by atoms with E-state index in [9.17, 15) is 13.6 Å². The molecule has 1 amide bonds. The third kappa shape index (κ3) is 3.54.